The van der Waals surface area contributed by atoms with Gasteiger partial charge in [0.25, 0.3) is 5.91 Å². The van der Waals surface area contributed by atoms with Crippen molar-refractivity contribution < 1.29 is 9.90 Å². The Bertz CT molecular complexity index is 589. The van der Waals surface area contributed by atoms with E-state index < -0.39 is 5.60 Å². The van der Waals surface area contributed by atoms with Crippen molar-refractivity contribution in [1.82, 2.24) is 14.7 Å². The fraction of sp³-hybridized carbons (Fsp3) is 0.765. The summed E-state index contributed by atoms with van der Waals surface area (Å²) in [6, 6.07) is 0. The van der Waals surface area contributed by atoms with Gasteiger partial charge in [0.15, 0.2) is 0 Å². The number of carbonyl (C=O) groups is 1. The summed E-state index contributed by atoms with van der Waals surface area (Å²) < 4.78 is 1.89. The summed E-state index contributed by atoms with van der Waals surface area (Å²) in [5.41, 5.74) is 0.600. The summed E-state index contributed by atoms with van der Waals surface area (Å²) in [4.78, 5) is 14.7. The Balaban J connectivity index is 1.82. The van der Waals surface area contributed by atoms with E-state index in [9.17, 15) is 9.90 Å². The highest BCUT2D eigenvalue weighted by atomic mass is 16.3. The molecule has 1 saturated carbocycles. The number of hydrogen-bond acceptors (Lipinski definition) is 3. The third-order valence-electron chi connectivity index (χ3n) is 5.50. The molecule has 0 bridgehead atoms. The van der Waals surface area contributed by atoms with Crippen LogP contribution >= 0.6 is 0 Å². The molecule has 1 amide bonds. The summed E-state index contributed by atoms with van der Waals surface area (Å²) in [5.74, 6) is 0.355. The second-order valence-corrected chi connectivity index (χ2v) is 7.61. The molecule has 2 fully saturated rings. The van der Waals surface area contributed by atoms with Crippen LogP contribution in [0.15, 0.2) is 6.20 Å². The molecule has 1 saturated heterocycles. The number of aryl methyl sites for hydroxylation is 1. The lowest BCUT2D eigenvalue weighted by atomic mass is 9.75. The molecule has 3 rings (SSSR count). The lowest BCUT2D eigenvalue weighted by Gasteiger charge is -2.35. The quantitative estimate of drug-likeness (QED) is 0.928. The van der Waals surface area contributed by atoms with Crippen LogP contribution in [0.2, 0.25) is 0 Å². The number of β-amino-alcohol motifs (C(OH)–C–C–N with tert-alkyl or cyclic N) is 1. The summed E-state index contributed by atoms with van der Waals surface area (Å²) in [6.07, 6.45) is 4.83. The third kappa shape index (κ3) is 2.26. The molecule has 1 aliphatic heterocycles. The average Bonchev–Trinajstić information content (AvgIpc) is 3.20. The van der Waals surface area contributed by atoms with Gasteiger partial charge in [0.05, 0.1) is 23.9 Å². The largest absolute Gasteiger partial charge is 0.387 e. The van der Waals surface area contributed by atoms with E-state index in [1.807, 2.05) is 16.5 Å². The summed E-state index contributed by atoms with van der Waals surface area (Å²) >= 11 is 0. The van der Waals surface area contributed by atoms with Crippen LogP contribution in [0.5, 0.6) is 0 Å². The van der Waals surface area contributed by atoms with Crippen molar-refractivity contribution in [3.8, 4) is 0 Å². The van der Waals surface area contributed by atoms with Crippen LogP contribution in [0.4, 0.5) is 0 Å². The number of rotatable bonds is 4. The van der Waals surface area contributed by atoms with Gasteiger partial charge in [-0.3, -0.25) is 9.48 Å². The maximum absolute atomic E-state index is 12.9. The van der Waals surface area contributed by atoms with Crippen molar-refractivity contribution in [3.05, 3.63) is 17.5 Å². The van der Waals surface area contributed by atoms with E-state index >= 15 is 0 Å². The summed E-state index contributed by atoms with van der Waals surface area (Å²) in [7, 11) is 0. The Morgan fingerprint density at radius 1 is 1.41 bits per heavy atom. The Labute approximate surface area is 132 Å². The van der Waals surface area contributed by atoms with E-state index in [1.165, 1.54) is 0 Å². The molecule has 1 aliphatic carbocycles. The van der Waals surface area contributed by atoms with E-state index in [0.717, 1.165) is 31.5 Å². The van der Waals surface area contributed by atoms with Crippen LogP contribution in [-0.4, -0.2) is 44.4 Å². The minimum absolute atomic E-state index is 0.00417. The maximum Gasteiger partial charge on any atom is 0.257 e. The first kappa shape index (κ1) is 15.5. The molecule has 1 N–H and O–H groups in total. The van der Waals surface area contributed by atoms with Gasteiger partial charge in [-0.2, -0.15) is 5.10 Å². The van der Waals surface area contributed by atoms with Gasteiger partial charge in [-0.1, -0.05) is 20.8 Å². The van der Waals surface area contributed by atoms with E-state index in [2.05, 4.69) is 25.9 Å². The first-order chi connectivity index (χ1) is 10.3. The standard InChI is InChI=1S/C17H27N3O2/c1-5-8-20-12(2)14(9-18-20)15(21)19-10-16(3,4)17(22,11-19)13-6-7-13/h9,13,22H,5-8,10-11H2,1-4H3/t17-/m0/s1. The van der Waals surface area contributed by atoms with Gasteiger partial charge in [-0.15, -0.1) is 0 Å². The Kier molecular flexibility index (Phi) is 3.59. The molecular weight excluding hydrogens is 278 g/mol. The first-order valence-corrected chi connectivity index (χ1v) is 8.34. The molecule has 2 aliphatic rings. The minimum Gasteiger partial charge on any atom is -0.387 e. The van der Waals surface area contributed by atoms with Crippen molar-refractivity contribution in [2.75, 3.05) is 13.1 Å². The number of amides is 1. The van der Waals surface area contributed by atoms with Crippen LogP contribution in [-0.2, 0) is 6.54 Å². The van der Waals surface area contributed by atoms with E-state index in [0.29, 0.717) is 24.6 Å². The Morgan fingerprint density at radius 3 is 2.68 bits per heavy atom. The van der Waals surface area contributed by atoms with Crippen LogP contribution in [0.25, 0.3) is 0 Å². The van der Waals surface area contributed by atoms with E-state index in [-0.39, 0.29) is 11.3 Å². The smallest absolute Gasteiger partial charge is 0.257 e. The molecule has 22 heavy (non-hydrogen) atoms. The fourth-order valence-electron chi connectivity index (χ4n) is 3.83. The van der Waals surface area contributed by atoms with Crippen molar-refractivity contribution in [2.24, 2.45) is 11.3 Å². The average molecular weight is 305 g/mol. The highest BCUT2D eigenvalue weighted by molar-refractivity contribution is 5.95. The van der Waals surface area contributed by atoms with E-state index in [4.69, 9.17) is 0 Å². The number of likely N-dealkylation sites (tertiary alicyclic amines) is 1. The molecule has 2 heterocycles. The molecule has 0 unspecified atom stereocenters. The van der Waals surface area contributed by atoms with Crippen LogP contribution in [0, 0.1) is 18.3 Å². The second kappa shape index (κ2) is 5.08. The Hall–Kier alpha value is -1.36. The van der Waals surface area contributed by atoms with Crippen LogP contribution in [0.1, 0.15) is 56.1 Å². The van der Waals surface area contributed by atoms with Gasteiger partial charge in [0.2, 0.25) is 0 Å². The van der Waals surface area contributed by atoms with Gasteiger partial charge >= 0.3 is 0 Å². The number of carbonyl (C=O) groups excluding carboxylic acids is 1. The molecule has 5 heteroatoms. The fourth-order valence-corrected chi connectivity index (χ4v) is 3.83. The maximum atomic E-state index is 12.9. The monoisotopic (exact) mass is 305 g/mol. The molecule has 1 aromatic heterocycles. The second-order valence-electron chi connectivity index (χ2n) is 7.61. The zero-order chi connectivity index (χ0) is 16.1. The van der Waals surface area contributed by atoms with Crippen LogP contribution < -0.4 is 0 Å². The molecule has 122 valence electrons. The van der Waals surface area contributed by atoms with Gasteiger partial charge in [0.1, 0.15) is 0 Å². The number of aromatic nitrogens is 2. The molecule has 0 aromatic carbocycles. The highest BCUT2D eigenvalue weighted by Crippen LogP contribution is 2.52. The predicted octanol–water partition coefficient (Wildman–Crippen LogP) is 2.22. The van der Waals surface area contributed by atoms with Gasteiger partial charge in [0, 0.05) is 24.2 Å². The summed E-state index contributed by atoms with van der Waals surface area (Å²) in [6.45, 7) is 10.1. The SMILES string of the molecule is CCCn1ncc(C(=O)N2CC(C)(C)[C@@](O)(C3CC3)C2)c1C. The molecule has 1 aromatic rings. The third-order valence-corrected chi connectivity index (χ3v) is 5.50. The zero-order valence-corrected chi connectivity index (χ0v) is 14.1. The lowest BCUT2D eigenvalue weighted by molar-refractivity contribution is -0.0481. The van der Waals surface area contributed by atoms with Crippen molar-refractivity contribution >= 4 is 5.91 Å². The normalized spacial score (nSPS) is 27.4. The summed E-state index contributed by atoms with van der Waals surface area (Å²) in [5, 5.41) is 15.4. The van der Waals surface area contributed by atoms with Crippen molar-refractivity contribution in [1.29, 1.82) is 0 Å². The molecule has 1 atom stereocenters. The lowest BCUT2D eigenvalue weighted by Crippen LogP contribution is -2.46. The Morgan fingerprint density at radius 2 is 2.09 bits per heavy atom. The molecule has 5 nitrogen and oxygen atoms in total. The molecular formula is C17H27N3O2. The van der Waals surface area contributed by atoms with E-state index in [1.54, 1.807) is 6.20 Å². The number of aliphatic hydroxyl groups is 1. The van der Waals surface area contributed by atoms with Crippen molar-refractivity contribution in [3.63, 3.8) is 0 Å². The number of nitrogens with zero attached hydrogens (tertiary/aromatic N) is 3. The minimum atomic E-state index is -0.740. The van der Waals surface area contributed by atoms with Gasteiger partial charge in [-0.25, -0.2) is 0 Å². The van der Waals surface area contributed by atoms with Crippen LogP contribution in [0.3, 0.4) is 0 Å². The first-order valence-electron chi connectivity index (χ1n) is 8.34. The zero-order valence-electron chi connectivity index (χ0n) is 14.1. The van der Waals surface area contributed by atoms with Crippen molar-refractivity contribution in [2.45, 2.75) is 59.1 Å². The van der Waals surface area contributed by atoms with Gasteiger partial charge < -0.3 is 10.0 Å². The van der Waals surface area contributed by atoms with Gasteiger partial charge in [-0.05, 0) is 32.1 Å². The highest BCUT2D eigenvalue weighted by Gasteiger charge is 2.59. The number of hydrogen-bond donors (Lipinski definition) is 1. The molecule has 0 spiro atoms. The molecule has 0 radical (unpaired) electrons. The topological polar surface area (TPSA) is 58.4 Å². The predicted molar refractivity (Wildman–Crippen MR) is 84.6 cm³/mol.